The van der Waals surface area contributed by atoms with Crippen LogP contribution < -0.4 is 10.5 Å². The highest BCUT2D eigenvalue weighted by Crippen LogP contribution is 2.24. The zero-order valence-corrected chi connectivity index (χ0v) is 12.3. The number of aromatic nitrogens is 2. The Hall–Kier alpha value is -2.81. The van der Waals surface area contributed by atoms with Gasteiger partial charge < -0.3 is 15.0 Å². The second-order valence-electron chi connectivity index (χ2n) is 4.42. The van der Waals surface area contributed by atoms with Crippen LogP contribution in [0.25, 0.3) is 11.5 Å². The Kier molecular flexibility index (Phi) is 4.02. The maximum absolute atomic E-state index is 14.0. The number of ether oxygens (including phenoxy) is 1. The third-order valence-corrected chi connectivity index (χ3v) is 3.58. The van der Waals surface area contributed by atoms with E-state index < -0.39 is 23.1 Å². The molecule has 0 saturated carbocycles. The van der Waals surface area contributed by atoms with Crippen molar-refractivity contribution in [2.75, 3.05) is 0 Å². The Morgan fingerprint density at radius 2 is 2.17 bits per heavy atom. The molecule has 118 valence electrons. The van der Waals surface area contributed by atoms with Gasteiger partial charge in [-0.3, -0.25) is 4.79 Å². The van der Waals surface area contributed by atoms with E-state index in [9.17, 15) is 13.6 Å². The van der Waals surface area contributed by atoms with Gasteiger partial charge in [0.2, 0.25) is 5.82 Å². The van der Waals surface area contributed by atoms with E-state index in [4.69, 9.17) is 15.0 Å². The third-order valence-electron chi connectivity index (χ3n) is 2.90. The van der Waals surface area contributed by atoms with Crippen LogP contribution in [0, 0.1) is 11.6 Å². The molecule has 0 fully saturated rings. The number of nitrogens with zero attached hydrogens (tertiary/aromatic N) is 2. The van der Waals surface area contributed by atoms with Crippen LogP contribution >= 0.6 is 11.3 Å². The highest BCUT2D eigenvalue weighted by atomic mass is 32.1. The zero-order chi connectivity index (χ0) is 16.4. The van der Waals surface area contributed by atoms with Crippen molar-refractivity contribution >= 4 is 17.2 Å². The van der Waals surface area contributed by atoms with E-state index in [0.717, 1.165) is 17.7 Å². The minimum atomic E-state index is -1.22. The summed E-state index contributed by atoms with van der Waals surface area (Å²) in [4.78, 5) is 15.1. The summed E-state index contributed by atoms with van der Waals surface area (Å²) in [6, 6.07) is 3.75. The van der Waals surface area contributed by atoms with E-state index in [1.54, 1.807) is 0 Å². The molecule has 23 heavy (non-hydrogen) atoms. The van der Waals surface area contributed by atoms with Crippen molar-refractivity contribution in [2.45, 2.75) is 6.61 Å². The van der Waals surface area contributed by atoms with Gasteiger partial charge >= 0.3 is 0 Å². The molecule has 2 aromatic heterocycles. The lowest BCUT2D eigenvalue weighted by atomic mass is 10.1. The van der Waals surface area contributed by atoms with Crippen LogP contribution in [0.4, 0.5) is 8.78 Å². The van der Waals surface area contributed by atoms with Crippen molar-refractivity contribution in [2.24, 2.45) is 5.73 Å². The first-order valence-corrected chi connectivity index (χ1v) is 7.26. The lowest BCUT2D eigenvalue weighted by Gasteiger charge is -2.07. The average Bonchev–Trinajstić information content (AvgIpc) is 3.17. The van der Waals surface area contributed by atoms with Crippen molar-refractivity contribution < 1.29 is 22.8 Å². The summed E-state index contributed by atoms with van der Waals surface area (Å²) < 4.78 is 37.6. The van der Waals surface area contributed by atoms with Gasteiger partial charge in [-0.15, -0.1) is 0 Å². The van der Waals surface area contributed by atoms with Gasteiger partial charge in [0.1, 0.15) is 11.4 Å². The number of halogens is 2. The first-order chi connectivity index (χ1) is 11.1. The zero-order valence-electron chi connectivity index (χ0n) is 11.5. The van der Waals surface area contributed by atoms with Gasteiger partial charge in [0.25, 0.3) is 11.8 Å². The Bertz CT molecular complexity index is 849. The summed E-state index contributed by atoms with van der Waals surface area (Å²) >= 11 is 1.47. The number of primary amides is 1. The summed E-state index contributed by atoms with van der Waals surface area (Å²) in [5.74, 6) is -3.29. The maximum atomic E-state index is 14.0. The predicted molar refractivity (Wildman–Crippen MR) is 76.8 cm³/mol. The van der Waals surface area contributed by atoms with Crippen LogP contribution in [0.3, 0.4) is 0 Å². The highest BCUT2D eigenvalue weighted by Gasteiger charge is 2.20. The van der Waals surface area contributed by atoms with Gasteiger partial charge in [0.15, 0.2) is 18.2 Å². The van der Waals surface area contributed by atoms with Crippen LogP contribution in [-0.2, 0) is 6.61 Å². The molecular weight excluding hydrogens is 328 g/mol. The Labute approximate surface area is 132 Å². The second-order valence-corrected chi connectivity index (χ2v) is 5.20. The lowest BCUT2D eigenvalue weighted by Crippen LogP contribution is -2.16. The SMILES string of the molecule is NC(=O)c1c(F)ccc(OCc2noc(-c3ccsc3)n2)c1F. The molecule has 0 aliphatic heterocycles. The van der Waals surface area contributed by atoms with Crippen molar-refractivity contribution in [3.05, 3.63) is 52.0 Å². The number of benzene rings is 1. The van der Waals surface area contributed by atoms with Crippen molar-refractivity contribution in [3.63, 3.8) is 0 Å². The van der Waals surface area contributed by atoms with Gasteiger partial charge in [-0.05, 0) is 23.6 Å². The minimum Gasteiger partial charge on any atom is -0.482 e. The molecule has 0 bridgehead atoms. The summed E-state index contributed by atoms with van der Waals surface area (Å²) in [7, 11) is 0. The minimum absolute atomic E-state index is 0.176. The molecule has 3 aromatic rings. The Morgan fingerprint density at radius 3 is 2.87 bits per heavy atom. The molecule has 3 rings (SSSR count). The topological polar surface area (TPSA) is 91.2 Å². The standard InChI is InChI=1S/C14H9F2N3O3S/c15-8-1-2-9(12(16)11(8)13(17)20)21-5-10-18-14(22-19-10)7-3-4-23-6-7/h1-4,6H,5H2,(H2,17,20). The van der Waals surface area contributed by atoms with E-state index in [2.05, 4.69) is 10.1 Å². The fourth-order valence-electron chi connectivity index (χ4n) is 1.83. The van der Waals surface area contributed by atoms with Gasteiger partial charge in [0.05, 0.1) is 5.56 Å². The van der Waals surface area contributed by atoms with Gasteiger partial charge in [-0.25, -0.2) is 8.78 Å². The molecule has 9 heteroatoms. The molecule has 0 aliphatic carbocycles. The summed E-state index contributed by atoms with van der Waals surface area (Å²) in [5.41, 5.74) is 4.85. The number of hydrogen-bond acceptors (Lipinski definition) is 6. The largest absolute Gasteiger partial charge is 0.482 e. The van der Waals surface area contributed by atoms with E-state index in [0.29, 0.717) is 5.89 Å². The van der Waals surface area contributed by atoms with E-state index >= 15 is 0 Å². The molecule has 2 N–H and O–H groups in total. The van der Waals surface area contributed by atoms with Crippen LogP contribution in [0.1, 0.15) is 16.2 Å². The van der Waals surface area contributed by atoms with Gasteiger partial charge in [-0.1, -0.05) is 5.16 Å². The van der Waals surface area contributed by atoms with Gasteiger partial charge in [-0.2, -0.15) is 16.3 Å². The maximum Gasteiger partial charge on any atom is 0.258 e. The molecule has 0 saturated heterocycles. The predicted octanol–water partition coefficient (Wildman–Crippen LogP) is 2.75. The Morgan fingerprint density at radius 1 is 1.35 bits per heavy atom. The summed E-state index contributed by atoms with van der Waals surface area (Å²) in [6.07, 6.45) is 0. The molecular formula is C14H9F2N3O3S. The molecule has 2 heterocycles. The molecule has 0 spiro atoms. The van der Waals surface area contributed by atoms with Crippen LogP contribution in [-0.4, -0.2) is 16.0 Å². The first kappa shape index (κ1) is 15.1. The van der Waals surface area contributed by atoms with Crippen LogP contribution in [0.15, 0.2) is 33.5 Å². The smallest absolute Gasteiger partial charge is 0.258 e. The van der Waals surface area contributed by atoms with Crippen molar-refractivity contribution in [3.8, 4) is 17.2 Å². The molecule has 0 atom stereocenters. The number of amides is 1. The highest BCUT2D eigenvalue weighted by molar-refractivity contribution is 7.08. The normalized spacial score (nSPS) is 10.7. The van der Waals surface area contributed by atoms with Crippen LogP contribution in [0.5, 0.6) is 5.75 Å². The van der Waals surface area contributed by atoms with E-state index in [1.807, 2.05) is 16.8 Å². The quantitative estimate of drug-likeness (QED) is 0.773. The molecule has 1 aromatic carbocycles. The third kappa shape index (κ3) is 3.04. The lowest BCUT2D eigenvalue weighted by molar-refractivity contribution is 0.0991. The molecule has 1 amide bonds. The number of carbonyl (C=O) groups is 1. The van der Waals surface area contributed by atoms with Crippen molar-refractivity contribution in [1.82, 2.24) is 10.1 Å². The van der Waals surface area contributed by atoms with Gasteiger partial charge in [0, 0.05) is 5.38 Å². The van der Waals surface area contributed by atoms with E-state index in [1.165, 1.54) is 11.3 Å². The molecule has 0 unspecified atom stereocenters. The average molecular weight is 337 g/mol. The summed E-state index contributed by atoms with van der Waals surface area (Å²) in [5, 5.41) is 7.38. The number of carbonyl (C=O) groups excluding carboxylic acids is 1. The monoisotopic (exact) mass is 337 g/mol. The number of nitrogens with two attached hydrogens (primary N) is 1. The second kappa shape index (κ2) is 6.13. The molecule has 6 nitrogen and oxygen atoms in total. The summed E-state index contributed by atoms with van der Waals surface area (Å²) in [6.45, 7) is -0.214. The Balaban J connectivity index is 1.76. The first-order valence-electron chi connectivity index (χ1n) is 6.32. The molecule has 0 aliphatic rings. The van der Waals surface area contributed by atoms with Crippen molar-refractivity contribution in [1.29, 1.82) is 0 Å². The number of hydrogen-bond donors (Lipinski definition) is 1. The fourth-order valence-corrected chi connectivity index (χ4v) is 2.46. The fraction of sp³-hybridized carbons (Fsp3) is 0.0714. The number of thiophene rings is 1. The van der Waals surface area contributed by atoms with E-state index in [-0.39, 0.29) is 18.2 Å². The molecule has 0 radical (unpaired) electrons. The van der Waals surface area contributed by atoms with Crippen LogP contribution in [0.2, 0.25) is 0 Å². The number of rotatable bonds is 5.